The predicted molar refractivity (Wildman–Crippen MR) is 67.6 cm³/mol. The smallest absolute Gasteiger partial charge is 0.328 e. The molecule has 1 unspecified atom stereocenters. The minimum atomic E-state index is -0.449. The third-order valence-corrected chi connectivity index (χ3v) is 3.08. The lowest BCUT2D eigenvalue weighted by atomic mass is 10.2. The molecule has 0 radical (unpaired) electrons. The molecular weight excluding hydrogens is 256 g/mol. The van der Waals surface area contributed by atoms with E-state index in [9.17, 15) is 9.59 Å². The number of nitrogens with one attached hydrogen (secondary N) is 1. The summed E-state index contributed by atoms with van der Waals surface area (Å²) in [5.41, 5.74) is 0.796. The lowest BCUT2D eigenvalue weighted by Gasteiger charge is -2.09. The molecule has 1 heterocycles. The van der Waals surface area contributed by atoms with Crippen molar-refractivity contribution >= 4 is 28.4 Å². The maximum atomic E-state index is 11.2. The first-order valence-corrected chi connectivity index (χ1v) is 6.30. The SMILES string of the molecule is COC(=O)CCc1csc(NC(C)C(=O)OC)n1. The van der Waals surface area contributed by atoms with Crippen LogP contribution in [0.5, 0.6) is 0 Å². The van der Waals surface area contributed by atoms with Gasteiger partial charge in [0, 0.05) is 11.8 Å². The van der Waals surface area contributed by atoms with Gasteiger partial charge in [0.05, 0.1) is 26.3 Å². The fourth-order valence-electron chi connectivity index (χ4n) is 1.24. The van der Waals surface area contributed by atoms with Crippen LogP contribution in [0.1, 0.15) is 19.0 Å². The molecule has 0 aliphatic rings. The third kappa shape index (κ3) is 4.33. The Bertz CT molecular complexity index is 419. The molecule has 0 aliphatic carbocycles. The van der Waals surface area contributed by atoms with Crippen molar-refractivity contribution in [2.75, 3.05) is 19.5 Å². The molecule has 0 amide bonds. The Morgan fingerprint density at radius 1 is 1.44 bits per heavy atom. The predicted octanol–water partition coefficient (Wildman–Crippen LogP) is 1.22. The number of hydrogen-bond acceptors (Lipinski definition) is 7. The molecular formula is C11H16N2O4S. The van der Waals surface area contributed by atoms with Gasteiger partial charge < -0.3 is 14.8 Å². The van der Waals surface area contributed by atoms with Crippen molar-refractivity contribution in [2.45, 2.75) is 25.8 Å². The van der Waals surface area contributed by atoms with E-state index in [1.165, 1.54) is 25.6 Å². The molecule has 0 aromatic carbocycles. The van der Waals surface area contributed by atoms with E-state index in [1.807, 2.05) is 5.38 Å². The first-order valence-electron chi connectivity index (χ1n) is 5.42. The zero-order valence-electron chi connectivity index (χ0n) is 10.6. The van der Waals surface area contributed by atoms with Crippen LogP contribution in [0.4, 0.5) is 5.13 Å². The van der Waals surface area contributed by atoms with Crippen molar-refractivity contribution < 1.29 is 19.1 Å². The van der Waals surface area contributed by atoms with E-state index in [0.717, 1.165) is 5.69 Å². The zero-order chi connectivity index (χ0) is 13.5. The summed E-state index contributed by atoms with van der Waals surface area (Å²) in [4.78, 5) is 26.4. The van der Waals surface area contributed by atoms with Gasteiger partial charge in [-0.05, 0) is 6.92 Å². The fraction of sp³-hybridized carbons (Fsp3) is 0.545. The number of methoxy groups -OCH3 is 2. The average molecular weight is 272 g/mol. The normalized spacial score (nSPS) is 11.7. The van der Waals surface area contributed by atoms with E-state index in [4.69, 9.17) is 0 Å². The van der Waals surface area contributed by atoms with Crippen LogP contribution in [0.2, 0.25) is 0 Å². The van der Waals surface area contributed by atoms with Crippen molar-refractivity contribution in [3.63, 3.8) is 0 Å². The first kappa shape index (κ1) is 14.4. The molecule has 1 aromatic rings. The summed E-state index contributed by atoms with van der Waals surface area (Å²) >= 11 is 1.38. The molecule has 7 heteroatoms. The van der Waals surface area contributed by atoms with E-state index in [1.54, 1.807) is 6.92 Å². The minimum absolute atomic E-state index is 0.263. The number of nitrogens with zero attached hydrogens (tertiary/aromatic N) is 1. The molecule has 18 heavy (non-hydrogen) atoms. The summed E-state index contributed by atoms with van der Waals surface area (Å²) < 4.78 is 9.15. The highest BCUT2D eigenvalue weighted by Crippen LogP contribution is 2.17. The number of carbonyl (C=O) groups excluding carboxylic acids is 2. The summed E-state index contributed by atoms with van der Waals surface area (Å²) in [5, 5.41) is 5.41. The molecule has 0 fully saturated rings. The number of ether oxygens (including phenoxy) is 2. The average Bonchev–Trinajstić information content (AvgIpc) is 2.82. The molecule has 6 nitrogen and oxygen atoms in total. The zero-order valence-corrected chi connectivity index (χ0v) is 11.4. The maximum absolute atomic E-state index is 11.2. The summed E-state index contributed by atoms with van der Waals surface area (Å²) in [7, 11) is 2.69. The van der Waals surface area contributed by atoms with Crippen molar-refractivity contribution in [3.05, 3.63) is 11.1 Å². The van der Waals surface area contributed by atoms with Crippen molar-refractivity contribution in [1.29, 1.82) is 0 Å². The van der Waals surface area contributed by atoms with Gasteiger partial charge in [-0.2, -0.15) is 0 Å². The Labute approximate surface area is 109 Å². The molecule has 1 N–H and O–H groups in total. The lowest BCUT2D eigenvalue weighted by Crippen LogP contribution is -2.27. The molecule has 1 atom stereocenters. The highest BCUT2D eigenvalue weighted by molar-refractivity contribution is 7.13. The van der Waals surface area contributed by atoms with Gasteiger partial charge in [0.25, 0.3) is 0 Å². The second kappa shape index (κ2) is 6.95. The maximum Gasteiger partial charge on any atom is 0.328 e. The number of aromatic nitrogens is 1. The number of aryl methyl sites for hydroxylation is 1. The summed E-state index contributed by atoms with van der Waals surface area (Å²) in [6.45, 7) is 1.70. The highest BCUT2D eigenvalue weighted by atomic mass is 32.1. The van der Waals surface area contributed by atoms with Crippen LogP contribution >= 0.6 is 11.3 Å². The molecule has 100 valence electrons. The summed E-state index contributed by atoms with van der Waals surface area (Å²) in [6.07, 6.45) is 0.823. The van der Waals surface area contributed by atoms with Crippen molar-refractivity contribution in [1.82, 2.24) is 4.98 Å². The molecule has 1 aromatic heterocycles. The van der Waals surface area contributed by atoms with Gasteiger partial charge in [-0.3, -0.25) is 4.79 Å². The largest absolute Gasteiger partial charge is 0.469 e. The van der Waals surface area contributed by atoms with E-state index in [-0.39, 0.29) is 11.9 Å². The van der Waals surface area contributed by atoms with Crippen LogP contribution in [-0.4, -0.2) is 37.2 Å². The molecule has 0 saturated heterocycles. The first-order chi connectivity index (χ1) is 8.56. The van der Waals surface area contributed by atoms with Gasteiger partial charge >= 0.3 is 11.9 Å². The Morgan fingerprint density at radius 3 is 2.78 bits per heavy atom. The topological polar surface area (TPSA) is 77.5 Å². The van der Waals surface area contributed by atoms with E-state index < -0.39 is 6.04 Å². The van der Waals surface area contributed by atoms with Crippen LogP contribution in [0.15, 0.2) is 5.38 Å². The van der Waals surface area contributed by atoms with Crippen LogP contribution in [-0.2, 0) is 25.5 Å². The van der Waals surface area contributed by atoms with E-state index in [2.05, 4.69) is 19.8 Å². The quantitative estimate of drug-likeness (QED) is 0.785. The van der Waals surface area contributed by atoms with E-state index >= 15 is 0 Å². The van der Waals surface area contributed by atoms with Crippen LogP contribution < -0.4 is 5.32 Å². The molecule has 0 spiro atoms. The Balaban J connectivity index is 2.48. The van der Waals surface area contributed by atoms with Gasteiger partial charge in [0.15, 0.2) is 5.13 Å². The second-order valence-electron chi connectivity index (χ2n) is 3.61. The number of thiazole rings is 1. The molecule has 1 rings (SSSR count). The minimum Gasteiger partial charge on any atom is -0.469 e. The number of carbonyl (C=O) groups is 2. The Hall–Kier alpha value is -1.63. The lowest BCUT2D eigenvalue weighted by molar-refractivity contribution is -0.141. The standard InChI is InChI=1S/C11H16N2O4S/c1-7(10(15)17-3)12-11-13-8(6-18-11)4-5-9(14)16-2/h6-7H,4-5H2,1-3H3,(H,12,13). The van der Waals surface area contributed by atoms with Crippen LogP contribution in [0.25, 0.3) is 0 Å². The van der Waals surface area contributed by atoms with Gasteiger partial charge in [0.1, 0.15) is 6.04 Å². The van der Waals surface area contributed by atoms with Crippen LogP contribution in [0, 0.1) is 0 Å². The monoisotopic (exact) mass is 272 g/mol. The van der Waals surface area contributed by atoms with Gasteiger partial charge in [0.2, 0.25) is 0 Å². The number of hydrogen-bond donors (Lipinski definition) is 1. The number of anilines is 1. The second-order valence-corrected chi connectivity index (χ2v) is 4.47. The van der Waals surface area contributed by atoms with Crippen molar-refractivity contribution in [3.8, 4) is 0 Å². The summed E-state index contributed by atoms with van der Waals surface area (Å²) in [5.74, 6) is -0.609. The van der Waals surface area contributed by atoms with Gasteiger partial charge in [-0.1, -0.05) is 0 Å². The molecule has 0 bridgehead atoms. The number of rotatable bonds is 6. The Morgan fingerprint density at radius 2 is 2.17 bits per heavy atom. The molecule has 0 aliphatic heterocycles. The van der Waals surface area contributed by atoms with Gasteiger partial charge in [-0.25, -0.2) is 9.78 Å². The van der Waals surface area contributed by atoms with Crippen molar-refractivity contribution in [2.24, 2.45) is 0 Å². The van der Waals surface area contributed by atoms with E-state index in [0.29, 0.717) is 18.0 Å². The Kier molecular flexibility index (Phi) is 5.57. The molecule has 0 saturated carbocycles. The number of esters is 2. The highest BCUT2D eigenvalue weighted by Gasteiger charge is 2.14. The third-order valence-electron chi connectivity index (χ3n) is 2.26. The summed E-state index contributed by atoms with van der Waals surface area (Å²) in [6, 6.07) is -0.449. The van der Waals surface area contributed by atoms with Gasteiger partial charge in [-0.15, -0.1) is 11.3 Å². The van der Waals surface area contributed by atoms with Crippen LogP contribution in [0.3, 0.4) is 0 Å². The fourth-order valence-corrected chi connectivity index (χ4v) is 2.07.